The molecule has 1 heterocycles. The molecule has 108 valence electrons. The molecule has 0 aliphatic carbocycles. The molecule has 0 bridgehead atoms. The zero-order valence-corrected chi connectivity index (χ0v) is 11.7. The molecule has 0 atom stereocenters. The molecule has 0 aromatic heterocycles. The van der Waals surface area contributed by atoms with Crippen LogP contribution in [0.5, 0.6) is 0 Å². The number of rotatable bonds is 8. The lowest BCUT2D eigenvalue weighted by Gasteiger charge is -2.33. The van der Waals surface area contributed by atoms with Crippen LogP contribution in [0.25, 0.3) is 0 Å². The topological polar surface area (TPSA) is 50.7 Å². The van der Waals surface area contributed by atoms with Crippen molar-refractivity contribution in [2.75, 3.05) is 40.0 Å². The third-order valence-corrected chi connectivity index (χ3v) is 3.21. The Morgan fingerprint density at radius 3 is 2.74 bits per heavy atom. The van der Waals surface area contributed by atoms with Gasteiger partial charge in [0.25, 0.3) is 0 Å². The van der Waals surface area contributed by atoms with Gasteiger partial charge in [-0.15, -0.1) is 0 Å². The highest BCUT2D eigenvalue weighted by Crippen LogP contribution is 2.27. The molecule has 0 spiro atoms. The van der Waals surface area contributed by atoms with Gasteiger partial charge < -0.3 is 19.9 Å². The van der Waals surface area contributed by atoms with Crippen molar-refractivity contribution < 1.29 is 14.6 Å². The Kier molecular flexibility index (Phi) is 7.67. The highest BCUT2D eigenvalue weighted by Gasteiger charge is 2.31. The summed E-state index contributed by atoms with van der Waals surface area (Å²) < 4.78 is 10.3. The highest BCUT2D eigenvalue weighted by atomic mass is 16.5. The lowest BCUT2D eigenvalue weighted by molar-refractivity contribution is 0.0495. The maximum absolute atomic E-state index is 10.6. The van der Waals surface area contributed by atoms with Crippen LogP contribution in [0.15, 0.2) is 36.5 Å². The predicted octanol–water partition coefficient (Wildman–Crippen LogP) is 1.43. The minimum Gasteiger partial charge on any atom is -0.385 e. The van der Waals surface area contributed by atoms with Crippen LogP contribution < -0.4 is 5.32 Å². The standard InChI is InChI=1S/C15H25NO3/c1-3-5-14(6-4-11-19-13-12-18-2)15(17)7-9-16-10-8-15/h3-6,16-17H,1,7-13H2,2H3/b6-4-,14-5+. The number of ether oxygens (including phenoxy) is 2. The second-order valence-electron chi connectivity index (χ2n) is 4.61. The molecular formula is C15H25NO3. The average Bonchev–Trinajstić information content (AvgIpc) is 2.42. The summed E-state index contributed by atoms with van der Waals surface area (Å²) in [6.45, 7) is 7.08. The van der Waals surface area contributed by atoms with Gasteiger partial charge in [-0.05, 0) is 31.5 Å². The van der Waals surface area contributed by atoms with Gasteiger partial charge in [-0.2, -0.15) is 0 Å². The normalized spacial score (nSPS) is 19.8. The van der Waals surface area contributed by atoms with Crippen molar-refractivity contribution in [1.82, 2.24) is 5.32 Å². The first-order valence-electron chi connectivity index (χ1n) is 6.72. The average molecular weight is 267 g/mol. The van der Waals surface area contributed by atoms with Crippen LogP contribution in [0, 0.1) is 0 Å². The van der Waals surface area contributed by atoms with Crippen molar-refractivity contribution in [3.8, 4) is 0 Å². The zero-order valence-electron chi connectivity index (χ0n) is 11.7. The number of nitrogens with one attached hydrogen (secondary N) is 1. The van der Waals surface area contributed by atoms with Crippen LogP contribution in [0.1, 0.15) is 12.8 Å². The third kappa shape index (κ3) is 5.70. The summed E-state index contributed by atoms with van der Waals surface area (Å²) in [6, 6.07) is 0. The summed E-state index contributed by atoms with van der Waals surface area (Å²) in [5.41, 5.74) is 0.155. The smallest absolute Gasteiger partial charge is 0.0920 e. The number of hydrogen-bond acceptors (Lipinski definition) is 4. The summed E-state index contributed by atoms with van der Waals surface area (Å²) in [5, 5.41) is 13.9. The molecule has 4 nitrogen and oxygen atoms in total. The monoisotopic (exact) mass is 267 g/mol. The fraction of sp³-hybridized carbons (Fsp3) is 0.600. The van der Waals surface area contributed by atoms with Gasteiger partial charge in [-0.3, -0.25) is 0 Å². The van der Waals surface area contributed by atoms with E-state index in [1.165, 1.54) is 0 Å². The quantitative estimate of drug-likeness (QED) is 0.516. The minimum atomic E-state index is -0.748. The molecule has 0 aromatic carbocycles. The molecule has 0 unspecified atom stereocenters. The number of methoxy groups -OCH3 is 1. The number of hydrogen-bond donors (Lipinski definition) is 2. The van der Waals surface area contributed by atoms with E-state index in [1.54, 1.807) is 13.2 Å². The summed E-state index contributed by atoms with van der Waals surface area (Å²) >= 11 is 0. The number of allylic oxidation sites excluding steroid dienone is 2. The van der Waals surface area contributed by atoms with E-state index in [-0.39, 0.29) is 0 Å². The van der Waals surface area contributed by atoms with Gasteiger partial charge in [0.15, 0.2) is 0 Å². The Balaban J connectivity index is 2.50. The maximum Gasteiger partial charge on any atom is 0.0920 e. The van der Waals surface area contributed by atoms with E-state index < -0.39 is 5.60 Å². The lowest BCUT2D eigenvalue weighted by Crippen LogP contribution is -2.42. The zero-order chi connectivity index (χ0) is 14.0. The van der Waals surface area contributed by atoms with E-state index in [4.69, 9.17) is 9.47 Å². The Labute approximate surface area is 115 Å². The predicted molar refractivity (Wildman–Crippen MR) is 77.2 cm³/mol. The van der Waals surface area contributed by atoms with Gasteiger partial charge >= 0.3 is 0 Å². The van der Waals surface area contributed by atoms with Crippen LogP contribution in [0.2, 0.25) is 0 Å². The van der Waals surface area contributed by atoms with E-state index in [1.807, 2.05) is 18.2 Å². The fourth-order valence-electron chi connectivity index (χ4n) is 2.09. The molecule has 19 heavy (non-hydrogen) atoms. The van der Waals surface area contributed by atoms with Gasteiger partial charge in [-0.1, -0.05) is 30.9 Å². The molecule has 0 saturated carbocycles. The van der Waals surface area contributed by atoms with Gasteiger partial charge in [0, 0.05) is 7.11 Å². The first kappa shape index (κ1) is 16.1. The first-order valence-corrected chi connectivity index (χ1v) is 6.72. The number of aliphatic hydroxyl groups is 1. The molecule has 1 aliphatic heterocycles. The largest absolute Gasteiger partial charge is 0.385 e. The minimum absolute atomic E-state index is 0.520. The highest BCUT2D eigenvalue weighted by molar-refractivity contribution is 5.32. The molecule has 1 aliphatic rings. The summed E-state index contributed by atoms with van der Waals surface area (Å²) in [6.07, 6.45) is 8.89. The SMILES string of the molecule is C=C/C=C(\C=C/COCCOC)C1(O)CCNCC1. The molecule has 1 fully saturated rings. The van der Waals surface area contributed by atoms with Crippen LogP contribution in [0.4, 0.5) is 0 Å². The summed E-state index contributed by atoms with van der Waals surface area (Å²) in [7, 11) is 1.65. The molecule has 0 aromatic rings. The Bertz CT molecular complexity index is 317. The van der Waals surface area contributed by atoms with Crippen LogP contribution in [-0.2, 0) is 9.47 Å². The number of piperidine rings is 1. The van der Waals surface area contributed by atoms with Crippen LogP contribution >= 0.6 is 0 Å². The van der Waals surface area contributed by atoms with Gasteiger partial charge in [0.2, 0.25) is 0 Å². The molecule has 2 N–H and O–H groups in total. The fourth-order valence-corrected chi connectivity index (χ4v) is 2.09. The van der Waals surface area contributed by atoms with Crippen molar-refractivity contribution in [3.63, 3.8) is 0 Å². The van der Waals surface area contributed by atoms with Gasteiger partial charge in [0.05, 0.1) is 25.4 Å². The van der Waals surface area contributed by atoms with E-state index >= 15 is 0 Å². The van der Waals surface area contributed by atoms with Crippen LogP contribution in [-0.4, -0.2) is 50.7 Å². The molecule has 4 heteroatoms. The van der Waals surface area contributed by atoms with Crippen LogP contribution in [0.3, 0.4) is 0 Å². The van der Waals surface area contributed by atoms with Crippen molar-refractivity contribution in [3.05, 3.63) is 36.5 Å². The van der Waals surface area contributed by atoms with Crippen molar-refractivity contribution in [2.45, 2.75) is 18.4 Å². The van der Waals surface area contributed by atoms with E-state index in [0.29, 0.717) is 19.8 Å². The molecule has 1 rings (SSSR count). The Hall–Kier alpha value is -0.940. The van der Waals surface area contributed by atoms with Crippen molar-refractivity contribution >= 4 is 0 Å². The molecule has 1 saturated heterocycles. The third-order valence-electron chi connectivity index (χ3n) is 3.21. The molecule has 0 radical (unpaired) electrons. The second kappa shape index (κ2) is 9.04. The lowest BCUT2D eigenvalue weighted by atomic mass is 9.84. The van der Waals surface area contributed by atoms with Crippen molar-refractivity contribution in [2.24, 2.45) is 0 Å². The second-order valence-corrected chi connectivity index (χ2v) is 4.61. The molecular weight excluding hydrogens is 242 g/mol. The van der Waals surface area contributed by atoms with E-state index in [2.05, 4.69) is 11.9 Å². The van der Waals surface area contributed by atoms with Gasteiger partial charge in [-0.25, -0.2) is 0 Å². The van der Waals surface area contributed by atoms with E-state index in [0.717, 1.165) is 31.5 Å². The summed E-state index contributed by atoms with van der Waals surface area (Å²) in [4.78, 5) is 0. The molecule has 0 amide bonds. The van der Waals surface area contributed by atoms with E-state index in [9.17, 15) is 5.11 Å². The Morgan fingerprint density at radius 1 is 1.37 bits per heavy atom. The maximum atomic E-state index is 10.6. The summed E-state index contributed by atoms with van der Waals surface area (Å²) in [5.74, 6) is 0. The van der Waals surface area contributed by atoms with Crippen molar-refractivity contribution in [1.29, 1.82) is 0 Å². The Morgan fingerprint density at radius 2 is 2.11 bits per heavy atom. The van der Waals surface area contributed by atoms with Gasteiger partial charge in [0.1, 0.15) is 0 Å². The first-order chi connectivity index (χ1) is 9.23.